The Morgan fingerprint density at radius 1 is 1.48 bits per heavy atom. The van der Waals surface area contributed by atoms with Crippen molar-refractivity contribution >= 4 is 45.7 Å². The number of aliphatic carboxylic acids is 1. The van der Waals surface area contributed by atoms with E-state index in [0.29, 0.717) is 29.0 Å². The average Bonchev–Trinajstić information content (AvgIpc) is 2.87. The summed E-state index contributed by atoms with van der Waals surface area (Å²) in [6.07, 6.45) is 0.799. The van der Waals surface area contributed by atoms with Crippen LogP contribution in [0.3, 0.4) is 0 Å². The van der Waals surface area contributed by atoms with E-state index in [4.69, 9.17) is 4.74 Å². The summed E-state index contributed by atoms with van der Waals surface area (Å²) < 4.78 is 5.24. The van der Waals surface area contributed by atoms with Crippen LogP contribution in [0.1, 0.15) is 33.6 Å². The normalized spacial score (nSPS) is 22.6. The molecule has 2 unspecified atom stereocenters. The number of hydrogen-bond donors (Lipinski definition) is 2. The fraction of sp³-hybridized carbons (Fsp3) is 0.688. The molecule has 0 saturated carbocycles. The first-order valence-electron chi connectivity index (χ1n) is 8.17. The average molecular weight is 435 g/mol. The molecule has 2 heterocycles. The van der Waals surface area contributed by atoms with E-state index in [0.717, 1.165) is 6.42 Å². The van der Waals surface area contributed by atoms with Gasteiger partial charge in [0.1, 0.15) is 11.3 Å². The number of alkyl halides is 1. The van der Waals surface area contributed by atoms with Crippen LogP contribution in [-0.4, -0.2) is 57.2 Å². The molecule has 2 atom stereocenters. The number of carboxylic acid groups (broad SMARTS) is 1. The Bertz CT molecular complexity index is 607. The van der Waals surface area contributed by atoms with Gasteiger partial charge in [0.2, 0.25) is 5.91 Å². The lowest BCUT2D eigenvalue weighted by atomic mass is 9.85. The Hall–Kier alpha value is -1.22. The highest BCUT2D eigenvalue weighted by Gasteiger charge is 2.54. The largest absolute Gasteiger partial charge is 0.477 e. The predicted molar refractivity (Wildman–Crippen MR) is 98.5 cm³/mol. The van der Waals surface area contributed by atoms with Gasteiger partial charge < -0.3 is 20.1 Å². The zero-order chi connectivity index (χ0) is 18.8. The van der Waals surface area contributed by atoms with Crippen LogP contribution in [0.15, 0.2) is 10.6 Å². The Morgan fingerprint density at radius 3 is 2.72 bits per heavy atom. The second kappa shape index (κ2) is 7.99. The molecule has 1 fully saturated rings. The quantitative estimate of drug-likeness (QED) is 0.346. The van der Waals surface area contributed by atoms with Crippen molar-refractivity contribution in [3.05, 3.63) is 10.6 Å². The number of carbonyl (C=O) groups excluding carboxylic acids is 2. The van der Waals surface area contributed by atoms with Crippen molar-refractivity contribution in [3.8, 4) is 0 Å². The molecular formula is C16H23BrN2O5S. The molecular weight excluding hydrogens is 412 g/mol. The summed E-state index contributed by atoms with van der Waals surface area (Å²) >= 11 is 4.65. The van der Waals surface area contributed by atoms with Gasteiger partial charge in [-0.05, 0) is 20.3 Å². The highest BCUT2D eigenvalue weighted by molar-refractivity contribution is 9.09. The minimum Gasteiger partial charge on any atom is -0.477 e. The van der Waals surface area contributed by atoms with Gasteiger partial charge in [-0.3, -0.25) is 4.79 Å². The van der Waals surface area contributed by atoms with Crippen LogP contribution < -0.4 is 5.32 Å². The Kier molecular flexibility index (Phi) is 6.42. The number of ether oxygens (including phenoxy) is 1. The number of alkyl carbamates (subject to hydrolysis) is 1. The van der Waals surface area contributed by atoms with Crippen molar-refractivity contribution < 1.29 is 24.2 Å². The van der Waals surface area contributed by atoms with Gasteiger partial charge in [0.05, 0.1) is 12.0 Å². The molecule has 0 radical (unpaired) electrons. The summed E-state index contributed by atoms with van der Waals surface area (Å²) in [5.74, 6) is -0.729. The number of amides is 2. The van der Waals surface area contributed by atoms with Crippen molar-refractivity contribution in [1.29, 1.82) is 0 Å². The molecule has 2 aliphatic heterocycles. The number of carbonyl (C=O) groups is 3. The van der Waals surface area contributed by atoms with Gasteiger partial charge in [-0.2, -0.15) is 0 Å². The third kappa shape index (κ3) is 4.31. The number of β-lactam (4-membered cyclic amide) rings is 1. The van der Waals surface area contributed by atoms with Crippen LogP contribution in [0.2, 0.25) is 0 Å². The maximum atomic E-state index is 12.1. The van der Waals surface area contributed by atoms with Crippen LogP contribution in [0.5, 0.6) is 0 Å². The van der Waals surface area contributed by atoms with Crippen molar-refractivity contribution in [3.63, 3.8) is 0 Å². The Balaban J connectivity index is 1.85. The van der Waals surface area contributed by atoms with E-state index in [1.807, 2.05) is 6.92 Å². The number of fused-ring (bicyclic) bond motifs is 1. The van der Waals surface area contributed by atoms with E-state index in [1.54, 1.807) is 13.8 Å². The van der Waals surface area contributed by atoms with Gasteiger partial charge in [0.15, 0.2) is 0 Å². The third-order valence-corrected chi connectivity index (χ3v) is 6.70. The number of rotatable bonds is 8. The molecule has 0 aromatic heterocycles. The molecule has 0 aromatic rings. The summed E-state index contributed by atoms with van der Waals surface area (Å²) in [6.45, 7) is 5.89. The van der Waals surface area contributed by atoms with E-state index in [9.17, 15) is 19.5 Å². The minimum absolute atomic E-state index is 0.0243. The second-order valence-electron chi connectivity index (χ2n) is 6.63. The van der Waals surface area contributed by atoms with Crippen molar-refractivity contribution in [2.24, 2.45) is 5.92 Å². The number of hydrogen-bond acceptors (Lipinski definition) is 5. The molecule has 140 valence electrons. The smallest absolute Gasteiger partial charge is 0.407 e. The second-order valence-corrected chi connectivity index (χ2v) is 8.38. The SMILES string of the molecule is CCC1C(=O)N2C(C(=O)O)=C(SCCNC(=O)OC(C)(C)CBr)CC12. The molecule has 0 bridgehead atoms. The molecule has 2 rings (SSSR count). The number of carboxylic acids is 1. The lowest BCUT2D eigenvalue weighted by molar-refractivity contribution is -0.155. The number of halogens is 1. The van der Waals surface area contributed by atoms with E-state index in [1.165, 1.54) is 16.7 Å². The monoisotopic (exact) mass is 434 g/mol. The van der Waals surface area contributed by atoms with Gasteiger partial charge in [0, 0.05) is 29.0 Å². The van der Waals surface area contributed by atoms with Crippen LogP contribution >= 0.6 is 27.7 Å². The van der Waals surface area contributed by atoms with Crippen LogP contribution in [0, 0.1) is 5.92 Å². The highest BCUT2D eigenvalue weighted by atomic mass is 79.9. The van der Waals surface area contributed by atoms with Crippen LogP contribution in [0.25, 0.3) is 0 Å². The van der Waals surface area contributed by atoms with Gasteiger partial charge in [-0.25, -0.2) is 9.59 Å². The Morgan fingerprint density at radius 2 is 2.16 bits per heavy atom. The molecule has 2 amide bonds. The number of thioether (sulfide) groups is 1. The highest BCUT2D eigenvalue weighted by Crippen LogP contribution is 2.46. The predicted octanol–water partition coefficient (Wildman–Crippen LogP) is 2.56. The summed E-state index contributed by atoms with van der Waals surface area (Å²) in [7, 11) is 0. The molecule has 2 aliphatic rings. The van der Waals surface area contributed by atoms with Gasteiger partial charge >= 0.3 is 12.1 Å². The standard InChI is InChI=1S/C16H23BrN2O5S/c1-4-9-10-7-11(12(14(21)22)19(10)13(9)20)25-6-5-18-15(23)24-16(2,3)8-17/h9-10H,4-8H2,1-3H3,(H,18,23)(H,21,22). The third-order valence-electron chi connectivity index (χ3n) is 4.23. The first-order chi connectivity index (χ1) is 11.7. The summed E-state index contributed by atoms with van der Waals surface area (Å²) in [6, 6.07) is -0.0243. The van der Waals surface area contributed by atoms with Crippen molar-refractivity contribution in [2.75, 3.05) is 17.6 Å². The maximum Gasteiger partial charge on any atom is 0.407 e. The molecule has 2 N–H and O–H groups in total. The maximum absolute atomic E-state index is 12.1. The first kappa shape index (κ1) is 20.1. The zero-order valence-corrected chi connectivity index (χ0v) is 16.9. The van der Waals surface area contributed by atoms with Gasteiger partial charge in [-0.1, -0.05) is 22.9 Å². The first-order valence-corrected chi connectivity index (χ1v) is 10.3. The van der Waals surface area contributed by atoms with Crippen LogP contribution in [0.4, 0.5) is 4.79 Å². The van der Waals surface area contributed by atoms with E-state index >= 15 is 0 Å². The summed E-state index contributed by atoms with van der Waals surface area (Å²) in [5.41, 5.74) is -0.489. The molecule has 0 aromatic carbocycles. The van der Waals surface area contributed by atoms with E-state index in [2.05, 4.69) is 21.2 Å². The van der Waals surface area contributed by atoms with Crippen molar-refractivity contribution in [2.45, 2.75) is 45.3 Å². The Labute approximate surface area is 159 Å². The number of nitrogens with one attached hydrogen (secondary N) is 1. The van der Waals surface area contributed by atoms with Gasteiger partial charge in [0.25, 0.3) is 0 Å². The lowest BCUT2D eigenvalue weighted by Crippen LogP contribution is -2.58. The van der Waals surface area contributed by atoms with Crippen molar-refractivity contribution in [1.82, 2.24) is 10.2 Å². The summed E-state index contributed by atoms with van der Waals surface area (Å²) in [4.78, 5) is 37.4. The molecule has 7 nitrogen and oxygen atoms in total. The molecule has 9 heteroatoms. The molecule has 25 heavy (non-hydrogen) atoms. The van der Waals surface area contributed by atoms with Gasteiger partial charge in [-0.15, -0.1) is 11.8 Å². The topological polar surface area (TPSA) is 95.9 Å². The van der Waals surface area contributed by atoms with E-state index < -0.39 is 17.7 Å². The number of nitrogens with zero attached hydrogens (tertiary/aromatic N) is 1. The van der Waals surface area contributed by atoms with Crippen LogP contribution in [-0.2, 0) is 14.3 Å². The molecule has 1 saturated heterocycles. The molecule has 0 aliphatic carbocycles. The minimum atomic E-state index is -1.07. The lowest BCUT2D eigenvalue weighted by Gasteiger charge is -2.42. The van der Waals surface area contributed by atoms with E-state index in [-0.39, 0.29) is 23.6 Å². The zero-order valence-electron chi connectivity index (χ0n) is 14.5. The molecule has 0 spiro atoms. The summed E-state index contributed by atoms with van der Waals surface area (Å²) in [5, 5.41) is 12.6. The fourth-order valence-electron chi connectivity index (χ4n) is 2.97. The fourth-order valence-corrected chi connectivity index (χ4v) is 4.15.